The van der Waals surface area contributed by atoms with Crippen LogP contribution in [0.4, 0.5) is 5.69 Å². The van der Waals surface area contributed by atoms with Gasteiger partial charge in [0.25, 0.3) is 0 Å². The van der Waals surface area contributed by atoms with Crippen LogP contribution in [0.2, 0.25) is 5.02 Å². The van der Waals surface area contributed by atoms with Crippen LogP contribution < -0.4 is 14.8 Å². The van der Waals surface area contributed by atoms with E-state index in [2.05, 4.69) is 9.88 Å². The molecular weight excluding hydrogens is 388 g/mol. The Kier molecular flexibility index (Phi) is 6.18. The van der Waals surface area contributed by atoms with Gasteiger partial charge in [-0.05, 0) is 63.2 Å². The number of ether oxygens (including phenoxy) is 2. The minimum Gasteiger partial charge on any atom is -0.497 e. The van der Waals surface area contributed by atoms with Crippen LogP contribution in [0, 0.1) is 13.8 Å². The third kappa shape index (κ3) is 4.25. The normalized spacial score (nSPS) is 11.8. The molecule has 152 valence electrons. The lowest BCUT2D eigenvalue weighted by Crippen LogP contribution is -2.26. The molecule has 0 bridgehead atoms. The smallest absolute Gasteiger partial charge is 0.186 e. The third-order valence-corrected chi connectivity index (χ3v) is 5.21. The number of aromatic nitrogens is 1. The van der Waals surface area contributed by atoms with E-state index in [-0.39, 0.29) is 5.78 Å². The van der Waals surface area contributed by atoms with Crippen LogP contribution in [0.3, 0.4) is 0 Å². The van der Waals surface area contributed by atoms with Crippen molar-refractivity contribution in [2.24, 2.45) is 0 Å². The maximum atomic E-state index is 13.2. The van der Waals surface area contributed by atoms with Crippen molar-refractivity contribution in [1.29, 1.82) is 0 Å². The fourth-order valence-electron chi connectivity index (χ4n) is 3.45. The molecule has 3 aromatic rings. The van der Waals surface area contributed by atoms with Gasteiger partial charge in [-0.15, -0.1) is 0 Å². The molecule has 0 fully saturated rings. The lowest BCUT2D eigenvalue weighted by atomic mass is 10.1. The summed E-state index contributed by atoms with van der Waals surface area (Å²) in [7, 11) is 3.19. The zero-order chi connectivity index (χ0) is 21.1. The van der Waals surface area contributed by atoms with E-state index in [1.165, 1.54) is 0 Å². The zero-order valence-electron chi connectivity index (χ0n) is 17.2. The van der Waals surface area contributed by atoms with Crippen LogP contribution >= 0.6 is 11.6 Å². The molecule has 1 N–H and O–H groups in total. The van der Waals surface area contributed by atoms with Gasteiger partial charge >= 0.3 is 0 Å². The maximum Gasteiger partial charge on any atom is 0.186 e. The number of nitrogens with zero attached hydrogens (tertiary/aromatic N) is 1. The van der Waals surface area contributed by atoms with Crippen molar-refractivity contribution in [3.05, 3.63) is 70.5 Å². The van der Waals surface area contributed by atoms with Gasteiger partial charge in [0.1, 0.15) is 11.5 Å². The van der Waals surface area contributed by atoms with Crippen LogP contribution in [0.25, 0.3) is 5.69 Å². The van der Waals surface area contributed by atoms with Gasteiger partial charge in [0.05, 0.1) is 25.9 Å². The van der Waals surface area contributed by atoms with E-state index >= 15 is 0 Å². The standard InChI is InChI=1S/C23H25ClN2O3/c1-14-12-20(16(3)26(14)18-8-6-17(24)7-9-18)23(27)15(2)25-21-11-10-19(28-4)13-22(21)29-5/h6-13,15,25H,1-5H3/t15-/m0/s1. The average molecular weight is 413 g/mol. The number of ketones is 1. The van der Waals surface area contributed by atoms with Crippen molar-refractivity contribution in [2.75, 3.05) is 19.5 Å². The summed E-state index contributed by atoms with van der Waals surface area (Å²) in [5.74, 6) is 1.32. The average Bonchev–Trinajstić information content (AvgIpc) is 3.02. The first kappa shape index (κ1) is 20.8. The maximum absolute atomic E-state index is 13.2. The first-order valence-electron chi connectivity index (χ1n) is 9.33. The molecule has 0 saturated carbocycles. The molecule has 6 heteroatoms. The first-order chi connectivity index (χ1) is 13.8. The van der Waals surface area contributed by atoms with Gasteiger partial charge in [-0.2, -0.15) is 0 Å². The van der Waals surface area contributed by atoms with E-state index in [4.69, 9.17) is 21.1 Å². The summed E-state index contributed by atoms with van der Waals surface area (Å²) in [5, 5.41) is 3.94. The topological polar surface area (TPSA) is 52.5 Å². The van der Waals surface area contributed by atoms with Crippen LogP contribution in [0.5, 0.6) is 11.5 Å². The molecule has 0 aliphatic rings. The van der Waals surface area contributed by atoms with Crippen molar-refractivity contribution in [3.63, 3.8) is 0 Å². The fourth-order valence-corrected chi connectivity index (χ4v) is 3.58. The van der Waals surface area contributed by atoms with Gasteiger partial charge in [-0.3, -0.25) is 4.79 Å². The number of anilines is 1. The molecule has 0 spiro atoms. The molecule has 29 heavy (non-hydrogen) atoms. The van der Waals surface area contributed by atoms with Crippen LogP contribution in [0.1, 0.15) is 28.7 Å². The highest BCUT2D eigenvalue weighted by Crippen LogP contribution is 2.30. The minimum atomic E-state index is -0.434. The number of hydrogen-bond donors (Lipinski definition) is 1. The molecule has 2 aromatic carbocycles. The van der Waals surface area contributed by atoms with Crippen LogP contribution in [-0.2, 0) is 0 Å². The molecule has 5 nitrogen and oxygen atoms in total. The predicted molar refractivity (Wildman–Crippen MR) is 117 cm³/mol. The van der Waals surface area contributed by atoms with Crippen LogP contribution in [0.15, 0.2) is 48.5 Å². The number of Topliss-reactive ketones (excluding diaryl/α,β-unsaturated/α-hetero) is 1. The Morgan fingerprint density at radius 2 is 1.72 bits per heavy atom. The number of nitrogens with one attached hydrogen (secondary N) is 1. The number of benzene rings is 2. The summed E-state index contributed by atoms with van der Waals surface area (Å²) in [6.45, 7) is 5.79. The highest BCUT2D eigenvalue weighted by molar-refractivity contribution is 6.30. The van der Waals surface area contributed by atoms with Crippen molar-refractivity contribution in [1.82, 2.24) is 4.57 Å². The highest BCUT2D eigenvalue weighted by atomic mass is 35.5. The largest absolute Gasteiger partial charge is 0.497 e. The number of rotatable bonds is 7. The Hall–Kier alpha value is -2.92. The molecule has 0 amide bonds. The summed E-state index contributed by atoms with van der Waals surface area (Å²) < 4.78 is 12.7. The monoisotopic (exact) mass is 412 g/mol. The number of halogens is 1. The van der Waals surface area contributed by atoms with Gasteiger partial charge in [0, 0.05) is 33.7 Å². The summed E-state index contributed by atoms with van der Waals surface area (Å²) in [4.78, 5) is 13.2. The summed E-state index contributed by atoms with van der Waals surface area (Å²) >= 11 is 6.01. The Bertz CT molecular complexity index is 1030. The molecule has 0 aliphatic heterocycles. The molecule has 1 aromatic heterocycles. The second-order valence-electron chi connectivity index (χ2n) is 6.89. The van der Waals surface area contributed by atoms with Crippen LogP contribution in [-0.4, -0.2) is 30.6 Å². The second kappa shape index (κ2) is 8.62. The van der Waals surface area contributed by atoms with Crippen molar-refractivity contribution in [2.45, 2.75) is 26.8 Å². The molecule has 0 unspecified atom stereocenters. The molecule has 1 heterocycles. The molecule has 0 radical (unpaired) electrons. The molecule has 0 saturated heterocycles. The Morgan fingerprint density at radius 1 is 1.03 bits per heavy atom. The SMILES string of the molecule is COc1ccc(N[C@@H](C)C(=O)c2cc(C)n(-c3ccc(Cl)cc3)c2C)c(OC)c1. The van der Waals surface area contributed by atoms with Gasteiger partial charge < -0.3 is 19.4 Å². The minimum absolute atomic E-state index is 0.0104. The Morgan fingerprint density at radius 3 is 2.34 bits per heavy atom. The summed E-state index contributed by atoms with van der Waals surface area (Å²) in [5.41, 5.74) is 4.28. The van der Waals surface area contributed by atoms with E-state index in [1.54, 1.807) is 20.3 Å². The number of hydrogen-bond acceptors (Lipinski definition) is 4. The molecule has 0 aliphatic carbocycles. The van der Waals surface area contributed by atoms with E-state index < -0.39 is 6.04 Å². The number of carbonyl (C=O) groups is 1. The molecule has 3 rings (SSSR count). The lowest BCUT2D eigenvalue weighted by Gasteiger charge is -2.17. The number of methoxy groups -OCH3 is 2. The Balaban J connectivity index is 1.87. The van der Waals surface area contributed by atoms with Gasteiger partial charge in [0.15, 0.2) is 5.78 Å². The Labute approximate surface area is 176 Å². The van der Waals surface area contributed by atoms with Crippen molar-refractivity contribution in [3.8, 4) is 17.2 Å². The molecule has 1 atom stereocenters. The second-order valence-corrected chi connectivity index (χ2v) is 7.33. The number of aryl methyl sites for hydroxylation is 1. The van der Waals surface area contributed by atoms with E-state index in [0.29, 0.717) is 22.1 Å². The highest BCUT2D eigenvalue weighted by Gasteiger charge is 2.22. The lowest BCUT2D eigenvalue weighted by molar-refractivity contribution is 0.0975. The quantitative estimate of drug-likeness (QED) is 0.524. The third-order valence-electron chi connectivity index (χ3n) is 4.96. The first-order valence-corrected chi connectivity index (χ1v) is 9.71. The van der Waals surface area contributed by atoms with Gasteiger partial charge in [-0.1, -0.05) is 11.6 Å². The van der Waals surface area contributed by atoms with Crippen molar-refractivity contribution < 1.29 is 14.3 Å². The summed E-state index contributed by atoms with van der Waals surface area (Å²) in [6, 6.07) is 14.5. The van der Waals surface area contributed by atoms with Gasteiger partial charge in [-0.25, -0.2) is 0 Å². The van der Waals surface area contributed by atoms with Crippen molar-refractivity contribution >= 4 is 23.1 Å². The van der Waals surface area contributed by atoms with E-state index in [0.717, 1.165) is 22.8 Å². The van der Waals surface area contributed by atoms with E-state index in [9.17, 15) is 4.79 Å². The summed E-state index contributed by atoms with van der Waals surface area (Å²) in [6.07, 6.45) is 0. The van der Waals surface area contributed by atoms with Gasteiger partial charge in [0.2, 0.25) is 0 Å². The van der Waals surface area contributed by atoms with E-state index in [1.807, 2.05) is 63.2 Å². The predicted octanol–water partition coefficient (Wildman–Crippen LogP) is 5.45. The number of carbonyl (C=O) groups excluding carboxylic acids is 1. The molecular formula is C23H25ClN2O3. The fraction of sp³-hybridized carbons (Fsp3) is 0.261. The zero-order valence-corrected chi connectivity index (χ0v) is 18.0.